The van der Waals surface area contributed by atoms with Gasteiger partial charge < -0.3 is 15.4 Å². The van der Waals surface area contributed by atoms with Crippen LogP contribution in [0.1, 0.15) is 20.8 Å². The molecule has 0 radical (unpaired) electrons. The van der Waals surface area contributed by atoms with E-state index < -0.39 is 0 Å². The predicted molar refractivity (Wildman–Crippen MR) is 73.6 cm³/mol. The molecule has 0 aromatic heterocycles. The van der Waals surface area contributed by atoms with Crippen molar-refractivity contribution in [2.24, 2.45) is 0 Å². The molecule has 1 rings (SSSR count). The van der Waals surface area contributed by atoms with Crippen LogP contribution in [0.4, 0.5) is 5.69 Å². The molecule has 1 amide bonds. The standard InChI is InChI=1S/C14H22N2O2/c1-4-18-14(2,3)11-16-13(17)10-15-12-8-6-5-7-9-12/h5-9,15H,4,10-11H2,1-3H3,(H,16,17). The number of benzene rings is 1. The smallest absolute Gasteiger partial charge is 0.239 e. The fourth-order valence-corrected chi connectivity index (χ4v) is 1.55. The van der Waals surface area contributed by atoms with E-state index in [0.29, 0.717) is 13.2 Å². The molecule has 0 saturated carbocycles. The van der Waals surface area contributed by atoms with E-state index in [0.717, 1.165) is 5.69 Å². The lowest BCUT2D eigenvalue weighted by Gasteiger charge is -2.24. The maximum Gasteiger partial charge on any atom is 0.239 e. The van der Waals surface area contributed by atoms with E-state index in [1.807, 2.05) is 51.1 Å². The zero-order valence-corrected chi connectivity index (χ0v) is 11.3. The molecule has 0 unspecified atom stereocenters. The van der Waals surface area contributed by atoms with Crippen LogP contribution in [0.15, 0.2) is 30.3 Å². The molecule has 1 aromatic carbocycles. The molecule has 0 bridgehead atoms. The predicted octanol–water partition coefficient (Wildman–Crippen LogP) is 2.03. The molecule has 0 atom stereocenters. The summed E-state index contributed by atoms with van der Waals surface area (Å²) in [6.45, 7) is 7.29. The molecule has 0 heterocycles. The van der Waals surface area contributed by atoms with Gasteiger partial charge in [0.05, 0.1) is 12.1 Å². The Hall–Kier alpha value is -1.55. The summed E-state index contributed by atoms with van der Waals surface area (Å²) in [5.74, 6) is -0.0355. The number of hydrogen-bond acceptors (Lipinski definition) is 3. The molecule has 0 aliphatic carbocycles. The molecule has 4 heteroatoms. The van der Waals surface area contributed by atoms with Gasteiger partial charge in [0.15, 0.2) is 0 Å². The Morgan fingerprint density at radius 3 is 2.56 bits per heavy atom. The highest BCUT2D eigenvalue weighted by molar-refractivity contribution is 5.80. The molecule has 1 aromatic rings. The van der Waals surface area contributed by atoms with Crippen LogP contribution in [0, 0.1) is 0 Å². The maximum atomic E-state index is 11.6. The second-order valence-corrected chi connectivity index (χ2v) is 4.69. The van der Waals surface area contributed by atoms with Gasteiger partial charge in [-0.3, -0.25) is 4.79 Å². The van der Waals surface area contributed by atoms with Crippen LogP contribution >= 0.6 is 0 Å². The van der Waals surface area contributed by atoms with Crippen LogP contribution in [-0.2, 0) is 9.53 Å². The lowest BCUT2D eigenvalue weighted by Crippen LogP contribution is -2.42. The van der Waals surface area contributed by atoms with Gasteiger partial charge in [0, 0.05) is 18.8 Å². The van der Waals surface area contributed by atoms with Crippen LogP contribution in [0.3, 0.4) is 0 Å². The number of anilines is 1. The van der Waals surface area contributed by atoms with E-state index in [1.165, 1.54) is 0 Å². The first-order valence-electron chi connectivity index (χ1n) is 6.23. The highest BCUT2D eigenvalue weighted by Gasteiger charge is 2.18. The quantitative estimate of drug-likeness (QED) is 0.778. The number of carbonyl (C=O) groups is 1. The number of nitrogens with one attached hydrogen (secondary N) is 2. The second-order valence-electron chi connectivity index (χ2n) is 4.69. The van der Waals surface area contributed by atoms with Crippen molar-refractivity contribution >= 4 is 11.6 Å². The Morgan fingerprint density at radius 2 is 1.94 bits per heavy atom. The Bertz CT molecular complexity index is 363. The van der Waals surface area contributed by atoms with E-state index in [4.69, 9.17) is 4.74 Å². The van der Waals surface area contributed by atoms with Gasteiger partial charge in [0.2, 0.25) is 5.91 Å². The number of carbonyl (C=O) groups excluding carboxylic acids is 1. The van der Waals surface area contributed by atoms with Gasteiger partial charge in [-0.05, 0) is 32.9 Å². The van der Waals surface area contributed by atoms with Gasteiger partial charge in [-0.1, -0.05) is 18.2 Å². The fraction of sp³-hybridized carbons (Fsp3) is 0.500. The maximum absolute atomic E-state index is 11.6. The Balaban J connectivity index is 2.26. The number of hydrogen-bond donors (Lipinski definition) is 2. The topological polar surface area (TPSA) is 50.4 Å². The molecule has 18 heavy (non-hydrogen) atoms. The zero-order chi connectivity index (χ0) is 13.4. The lowest BCUT2D eigenvalue weighted by molar-refractivity contribution is -0.121. The molecule has 100 valence electrons. The fourth-order valence-electron chi connectivity index (χ4n) is 1.55. The third kappa shape index (κ3) is 5.68. The van der Waals surface area contributed by atoms with Crippen LogP contribution in [0.25, 0.3) is 0 Å². The monoisotopic (exact) mass is 250 g/mol. The summed E-state index contributed by atoms with van der Waals surface area (Å²) in [4.78, 5) is 11.6. The van der Waals surface area contributed by atoms with Gasteiger partial charge in [0.1, 0.15) is 0 Å². The van der Waals surface area contributed by atoms with Gasteiger partial charge in [-0.15, -0.1) is 0 Å². The van der Waals surface area contributed by atoms with Crippen molar-refractivity contribution in [2.45, 2.75) is 26.4 Å². The largest absolute Gasteiger partial charge is 0.376 e. The van der Waals surface area contributed by atoms with Crippen LogP contribution in [0.2, 0.25) is 0 Å². The molecule has 0 fully saturated rings. The minimum atomic E-state index is -0.322. The van der Waals surface area contributed by atoms with Crippen molar-refractivity contribution < 1.29 is 9.53 Å². The van der Waals surface area contributed by atoms with Gasteiger partial charge in [0.25, 0.3) is 0 Å². The van der Waals surface area contributed by atoms with Crippen LogP contribution in [0.5, 0.6) is 0 Å². The first-order valence-corrected chi connectivity index (χ1v) is 6.23. The SMILES string of the molecule is CCOC(C)(C)CNC(=O)CNc1ccccc1. The molecule has 2 N–H and O–H groups in total. The minimum Gasteiger partial charge on any atom is -0.376 e. The van der Waals surface area contributed by atoms with Crippen LogP contribution < -0.4 is 10.6 Å². The molecular formula is C14H22N2O2. The number of ether oxygens (including phenoxy) is 1. The highest BCUT2D eigenvalue weighted by Crippen LogP contribution is 2.07. The van der Waals surface area contributed by atoms with Crippen molar-refractivity contribution in [1.29, 1.82) is 0 Å². The van der Waals surface area contributed by atoms with Gasteiger partial charge in [-0.25, -0.2) is 0 Å². The Kier molecular flexibility index (Phi) is 5.65. The normalized spacial score (nSPS) is 11.1. The van der Waals surface area contributed by atoms with E-state index in [9.17, 15) is 4.79 Å². The van der Waals surface area contributed by atoms with Crippen LogP contribution in [-0.4, -0.2) is 31.2 Å². The molecular weight excluding hydrogens is 228 g/mol. The summed E-state index contributed by atoms with van der Waals surface area (Å²) in [7, 11) is 0. The molecule has 0 spiro atoms. The molecule has 4 nitrogen and oxygen atoms in total. The summed E-state index contributed by atoms with van der Waals surface area (Å²) < 4.78 is 5.51. The summed E-state index contributed by atoms with van der Waals surface area (Å²) in [6.07, 6.45) is 0. The molecule has 0 aliphatic heterocycles. The zero-order valence-electron chi connectivity index (χ0n) is 11.3. The summed E-state index contributed by atoms with van der Waals surface area (Å²) in [6, 6.07) is 9.65. The average Bonchev–Trinajstić information content (AvgIpc) is 2.35. The van der Waals surface area contributed by atoms with Crippen molar-refractivity contribution in [1.82, 2.24) is 5.32 Å². The third-order valence-corrected chi connectivity index (χ3v) is 2.47. The van der Waals surface area contributed by atoms with E-state index in [1.54, 1.807) is 0 Å². The van der Waals surface area contributed by atoms with Crippen molar-refractivity contribution in [3.05, 3.63) is 30.3 Å². The van der Waals surface area contributed by atoms with E-state index in [-0.39, 0.29) is 18.1 Å². The highest BCUT2D eigenvalue weighted by atomic mass is 16.5. The van der Waals surface area contributed by atoms with Crippen molar-refractivity contribution in [3.8, 4) is 0 Å². The van der Waals surface area contributed by atoms with E-state index in [2.05, 4.69) is 10.6 Å². The lowest BCUT2D eigenvalue weighted by atomic mass is 10.1. The summed E-state index contributed by atoms with van der Waals surface area (Å²) >= 11 is 0. The second kappa shape index (κ2) is 7.01. The molecule has 0 aliphatic rings. The molecule has 0 saturated heterocycles. The summed E-state index contributed by atoms with van der Waals surface area (Å²) in [5, 5.41) is 5.91. The number of rotatable bonds is 7. The van der Waals surface area contributed by atoms with Gasteiger partial charge >= 0.3 is 0 Å². The number of para-hydroxylation sites is 1. The minimum absolute atomic E-state index is 0.0355. The average molecular weight is 250 g/mol. The Labute approximate surface area is 109 Å². The Morgan fingerprint density at radius 1 is 1.28 bits per heavy atom. The van der Waals surface area contributed by atoms with Gasteiger partial charge in [-0.2, -0.15) is 0 Å². The number of amides is 1. The van der Waals surface area contributed by atoms with E-state index >= 15 is 0 Å². The first-order chi connectivity index (χ1) is 8.53. The third-order valence-electron chi connectivity index (χ3n) is 2.47. The first kappa shape index (κ1) is 14.5. The van der Waals surface area contributed by atoms with Crippen molar-refractivity contribution in [2.75, 3.05) is 25.0 Å². The van der Waals surface area contributed by atoms with Crippen molar-refractivity contribution in [3.63, 3.8) is 0 Å². The summed E-state index contributed by atoms with van der Waals surface area (Å²) in [5.41, 5.74) is 0.619.